The zero-order chi connectivity index (χ0) is 12.4. The predicted molar refractivity (Wildman–Crippen MR) is 66.4 cm³/mol. The summed E-state index contributed by atoms with van der Waals surface area (Å²) in [6, 6.07) is 8.75. The van der Waals surface area contributed by atoms with Crippen molar-refractivity contribution in [2.24, 2.45) is 0 Å². The third-order valence-corrected chi connectivity index (χ3v) is 3.01. The van der Waals surface area contributed by atoms with E-state index in [4.69, 9.17) is 9.84 Å². The molecular weight excluding hydrogens is 228 g/mol. The average Bonchev–Trinajstić information content (AvgIpc) is 3.23. The molecule has 0 spiro atoms. The quantitative estimate of drug-likeness (QED) is 0.895. The summed E-state index contributed by atoms with van der Waals surface area (Å²) >= 11 is 0. The average molecular weight is 242 g/mol. The summed E-state index contributed by atoms with van der Waals surface area (Å²) in [7, 11) is 0. The van der Waals surface area contributed by atoms with Gasteiger partial charge in [0, 0.05) is 0 Å². The van der Waals surface area contributed by atoms with Crippen LogP contribution in [0.2, 0.25) is 0 Å². The summed E-state index contributed by atoms with van der Waals surface area (Å²) in [6.45, 7) is 0.440. The lowest BCUT2D eigenvalue weighted by atomic mass is 10.1. The minimum atomic E-state index is 0.0381. The van der Waals surface area contributed by atoms with Crippen LogP contribution in [0.4, 0.5) is 0 Å². The normalized spacial score (nSPS) is 14.4. The summed E-state index contributed by atoms with van der Waals surface area (Å²) in [4.78, 5) is 7.73. The maximum absolute atomic E-state index is 9.05. The summed E-state index contributed by atoms with van der Waals surface area (Å²) in [5.74, 6) is 0.816. The molecule has 1 aromatic carbocycles. The summed E-state index contributed by atoms with van der Waals surface area (Å²) in [5.41, 5.74) is 2.51. The molecule has 0 amide bonds. The molecule has 4 nitrogen and oxygen atoms in total. The van der Waals surface area contributed by atoms with Gasteiger partial charge in [-0.15, -0.1) is 0 Å². The van der Waals surface area contributed by atoms with Crippen LogP contribution in [0.25, 0.3) is 0 Å². The van der Waals surface area contributed by atoms with Crippen LogP contribution >= 0.6 is 0 Å². The molecule has 0 saturated heterocycles. The first-order valence-corrected chi connectivity index (χ1v) is 6.04. The largest absolute Gasteiger partial charge is 0.505 e. The molecule has 0 radical (unpaired) electrons. The monoisotopic (exact) mass is 242 g/mol. The van der Waals surface area contributed by atoms with Crippen LogP contribution in [-0.2, 0) is 6.61 Å². The molecule has 1 aliphatic rings. The highest BCUT2D eigenvalue weighted by molar-refractivity contribution is 5.27. The Labute approximate surface area is 105 Å². The van der Waals surface area contributed by atoms with Gasteiger partial charge in [-0.2, -0.15) is 9.97 Å². The molecule has 0 aliphatic heterocycles. The van der Waals surface area contributed by atoms with Crippen LogP contribution in [0, 0.1) is 0 Å². The van der Waals surface area contributed by atoms with E-state index in [9.17, 15) is 0 Å². The van der Waals surface area contributed by atoms with Gasteiger partial charge in [0.15, 0.2) is 5.75 Å². The predicted octanol–water partition coefficient (Wildman–Crippen LogP) is 2.64. The van der Waals surface area contributed by atoms with Crippen molar-refractivity contribution in [2.45, 2.75) is 25.4 Å². The number of hydrogen-bond acceptors (Lipinski definition) is 4. The fraction of sp³-hybridized carbons (Fsp3) is 0.286. The van der Waals surface area contributed by atoms with Gasteiger partial charge in [0.25, 0.3) is 0 Å². The van der Waals surface area contributed by atoms with Gasteiger partial charge in [0.2, 0.25) is 0 Å². The zero-order valence-corrected chi connectivity index (χ0v) is 9.91. The molecule has 0 unspecified atom stereocenters. The highest BCUT2D eigenvalue weighted by Gasteiger charge is 2.22. The van der Waals surface area contributed by atoms with E-state index in [1.807, 2.05) is 0 Å². The fourth-order valence-electron chi connectivity index (χ4n) is 1.83. The Bertz CT molecular complexity index is 518. The number of aromatic nitrogens is 2. The number of benzene rings is 1. The van der Waals surface area contributed by atoms with Gasteiger partial charge in [-0.1, -0.05) is 24.3 Å². The van der Waals surface area contributed by atoms with E-state index in [1.165, 1.54) is 30.8 Å². The Hall–Kier alpha value is -2.10. The minimum Gasteiger partial charge on any atom is -0.505 e. The molecule has 1 aliphatic carbocycles. The molecule has 1 fully saturated rings. The second-order valence-electron chi connectivity index (χ2n) is 4.53. The molecule has 92 valence electrons. The topological polar surface area (TPSA) is 55.2 Å². The summed E-state index contributed by atoms with van der Waals surface area (Å²) < 4.78 is 5.43. The molecule has 1 saturated carbocycles. The molecule has 0 bridgehead atoms. The van der Waals surface area contributed by atoms with Crippen molar-refractivity contribution in [1.82, 2.24) is 9.97 Å². The number of aromatic hydroxyl groups is 1. The number of hydrogen-bond donors (Lipinski definition) is 1. The van der Waals surface area contributed by atoms with E-state index in [-0.39, 0.29) is 11.8 Å². The molecule has 4 heteroatoms. The Morgan fingerprint density at radius 2 is 1.78 bits per heavy atom. The summed E-state index contributed by atoms with van der Waals surface area (Å²) in [5, 5.41) is 9.05. The van der Waals surface area contributed by atoms with Crippen molar-refractivity contribution in [2.75, 3.05) is 0 Å². The molecule has 18 heavy (non-hydrogen) atoms. The van der Waals surface area contributed by atoms with E-state index < -0.39 is 0 Å². The van der Waals surface area contributed by atoms with Gasteiger partial charge < -0.3 is 9.84 Å². The molecule has 1 heterocycles. The standard InChI is InChI=1S/C14H14N2O2/c17-13-7-15-14(16-8-13)18-9-10-1-3-11(4-2-10)12-5-6-12/h1-4,7-8,12,17H,5-6,9H2. The van der Waals surface area contributed by atoms with E-state index in [0.29, 0.717) is 6.61 Å². The van der Waals surface area contributed by atoms with Crippen molar-refractivity contribution in [3.8, 4) is 11.8 Å². The fourth-order valence-corrected chi connectivity index (χ4v) is 1.83. The van der Waals surface area contributed by atoms with Crippen molar-refractivity contribution in [3.05, 3.63) is 47.8 Å². The Morgan fingerprint density at radius 3 is 2.39 bits per heavy atom. The van der Waals surface area contributed by atoms with E-state index in [1.54, 1.807) is 0 Å². The molecular formula is C14H14N2O2. The third-order valence-electron chi connectivity index (χ3n) is 3.01. The van der Waals surface area contributed by atoms with Gasteiger partial charge in [0.1, 0.15) is 6.61 Å². The maximum atomic E-state index is 9.05. The Morgan fingerprint density at radius 1 is 1.11 bits per heavy atom. The highest BCUT2D eigenvalue weighted by atomic mass is 16.5. The van der Waals surface area contributed by atoms with Crippen LogP contribution < -0.4 is 4.74 Å². The Balaban J connectivity index is 1.60. The molecule has 2 aromatic rings. The van der Waals surface area contributed by atoms with Crippen molar-refractivity contribution >= 4 is 0 Å². The lowest BCUT2D eigenvalue weighted by Gasteiger charge is -2.05. The van der Waals surface area contributed by atoms with Gasteiger partial charge in [-0.05, 0) is 29.9 Å². The number of nitrogens with zero attached hydrogens (tertiary/aromatic N) is 2. The lowest BCUT2D eigenvalue weighted by molar-refractivity contribution is 0.279. The zero-order valence-electron chi connectivity index (χ0n) is 9.91. The van der Waals surface area contributed by atoms with Crippen LogP contribution in [0.3, 0.4) is 0 Å². The maximum Gasteiger partial charge on any atom is 0.316 e. The molecule has 0 atom stereocenters. The van der Waals surface area contributed by atoms with E-state index >= 15 is 0 Å². The van der Waals surface area contributed by atoms with Crippen LogP contribution in [0.1, 0.15) is 29.9 Å². The van der Waals surface area contributed by atoms with Crippen LogP contribution in [0.15, 0.2) is 36.7 Å². The summed E-state index contributed by atoms with van der Waals surface area (Å²) in [6.07, 6.45) is 5.27. The van der Waals surface area contributed by atoms with E-state index in [2.05, 4.69) is 34.2 Å². The second kappa shape index (κ2) is 4.64. The first-order chi connectivity index (χ1) is 8.81. The number of rotatable bonds is 4. The SMILES string of the molecule is Oc1cnc(OCc2ccc(C3CC3)cc2)nc1. The second-order valence-corrected chi connectivity index (χ2v) is 4.53. The van der Waals surface area contributed by atoms with Gasteiger partial charge in [-0.3, -0.25) is 0 Å². The van der Waals surface area contributed by atoms with Crippen molar-refractivity contribution in [1.29, 1.82) is 0 Å². The third kappa shape index (κ3) is 2.59. The lowest BCUT2D eigenvalue weighted by Crippen LogP contribution is -1.98. The molecule has 1 N–H and O–H groups in total. The molecule has 3 rings (SSSR count). The van der Waals surface area contributed by atoms with Crippen molar-refractivity contribution in [3.63, 3.8) is 0 Å². The number of ether oxygens (including phenoxy) is 1. The van der Waals surface area contributed by atoms with Crippen LogP contribution in [-0.4, -0.2) is 15.1 Å². The van der Waals surface area contributed by atoms with Gasteiger partial charge in [-0.25, -0.2) is 0 Å². The van der Waals surface area contributed by atoms with Crippen LogP contribution in [0.5, 0.6) is 11.8 Å². The van der Waals surface area contributed by atoms with Gasteiger partial charge in [0.05, 0.1) is 12.4 Å². The first-order valence-electron chi connectivity index (χ1n) is 6.04. The van der Waals surface area contributed by atoms with Crippen molar-refractivity contribution < 1.29 is 9.84 Å². The molecule has 1 aromatic heterocycles. The Kier molecular flexibility index (Phi) is 2.84. The van der Waals surface area contributed by atoms with Gasteiger partial charge >= 0.3 is 6.01 Å². The van der Waals surface area contributed by atoms with E-state index in [0.717, 1.165) is 11.5 Å². The minimum absolute atomic E-state index is 0.0381. The first kappa shape index (κ1) is 11.0. The highest BCUT2D eigenvalue weighted by Crippen LogP contribution is 2.39. The smallest absolute Gasteiger partial charge is 0.316 e.